The normalized spacial score (nSPS) is 13.3. The molecule has 2 rings (SSSR count). The molecular formula is C17H21N3O5. The maximum Gasteiger partial charge on any atom is 0.326 e. The van der Waals surface area contributed by atoms with Crippen LogP contribution in [0.4, 0.5) is 0 Å². The molecule has 1 heterocycles. The number of H-pyrrole nitrogens is 1. The van der Waals surface area contributed by atoms with Gasteiger partial charge in [-0.2, -0.15) is 0 Å². The maximum atomic E-state index is 12.0. The van der Waals surface area contributed by atoms with E-state index in [-0.39, 0.29) is 19.3 Å². The van der Waals surface area contributed by atoms with Crippen LogP contribution in [0, 0.1) is 0 Å². The van der Waals surface area contributed by atoms with E-state index < -0.39 is 29.9 Å². The summed E-state index contributed by atoms with van der Waals surface area (Å²) < 4.78 is 0. The topological polar surface area (TPSA) is 132 Å². The Kier molecular flexibility index (Phi) is 6.13. The summed E-state index contributed by atoms with van der Waals surface area (Å²) in [6, 6.07) is 5.58. The van der Waals surface area contributed by atoms with Crippen LogP contribution in [0.2, 0.25) is 0 Å². The average molecular weight is 347 g/mol. The van der Waals surface area contributed by atoms with E-state index in [2.05, 4.69) is 15.6 Å². The number of nitrogens with one attached hydrogen (secondary N) is 3. The van der Waals surface area contributed by atoms with Gasteiger partial charge in [0.1, 0.15) is 12.1 Å². The molecule has 0 spiro atoms. The van der Waals surface area contributed by atoms with Gasteiger partial charge in [0.15, 0.2) is 0 Å². The highest BCUT2D eigenvalue weighted by Gasteiger charge is 2.23. The highest BCUT2D eigenvalue weighted by Crippen LogP contribution is 2.19. The minimum absolute atomic E-state index is 0.0739. The van der Waals surface area contributed by atoms with Crippen LogP contribution >= 0.6 is 0 Å². The Morgan fingerprint density at radius 3 is 2.44 bits per heavy atom. The van der Waals surface area contributed by atoms with Crippen LogP contribution < -0.4 is 10.6 Å². The molecule has 8 nitrogen and oxygen atoms in total. The summed E-state index contributed by atoms with van der Waals surface area (Å²) >= 11 is 0. The zero-order chi connectivity index (χ0) is 18.4. The average Bonchev–Trinajstić information content (AvgIpc) is 2.97. The molecule has 0 aliphatic heterocycles. The molecule has 5 N–H and O–H groups in total. The Morgan fingerprint density at radius 2 is 1.80 bits per heavy atom. The summed E-state index contributed by atoms with van der Waals surface area (Å²) in [5, 5.41) is 24.3. The van der Waals surface area contributed by atoms with Gasteiger partial charge in [0.05, 0.1) is 0 Å². The molecule has 134 valence electrons. The number of fused-ring (bicyclic) bond motifs is 1. The number of rotatable bonds is 9. The first kappa shape index (κ1) is 18.5. The Labute approximate surface area is 144 Å². The molecule has 0 saturated carbocycles. The van der Waals surface area contributed by atoms with Gasteiger partial charge < -0.3 is 25.8 Å². The second-order valence-corrected chi connectivity index (χ2v) is 5.74. The number of aromatic amines is 1. The summed E-state index contributed by atoms with van der Waals surface area (Å²) in [5.41, 5.74) is 1.69. The number of carbonyl (C=O) groups excluding carboxylic acids is 1. The van der Waals surface area contributed by atoms with Gasteiger partial charge in [-0.3, -0.25) is 9.59 Å². The lowest BCUT2D eigenvalue weighted by molar-refractivity contribution is -0.142. The van der Waals surface area contributed by atoms with E-state index in [1.807, 2.05) is 24.3 Å². The number of likely N-dealkylation sites (N-methyl/N-ethyl adjacent to an activating group) is 1. The van der Waals surface area contributed by atoms with E-state index in [4.69, 9.17) is 5.11 Å². The Balaban J connectivity index is 2.00. The van der Waals surface area contributed by atoms with Crippen molar-refractivity contribution in [1.82, 2.24) is 15.6 Å². The lowest BCUT2D eigenvalue weighted by atomic mass is 10.0. The minimum atomic E-state index is -1.14. The number of hydrogen-bond donors (Lipinski definition) is 5. The van der Waals surface area contributed by atoms with Gasteiger partial charge >= 0.3 is 11.9 Å². The van der Waals surface area contributed by atoms with Crippen molar-refractivity contribution in [3.8, 4) is 0 Å². The third-order valence-corrected chi connectivity index (χ3v) is 4.04. The number of carboxylic acid groups (broad SMARTS) is 2. The lowest BCUT2D eigenvalue weighted by Crippen LogP contribution is -2.43. The van der Waals surface area contributed by atoms with Crippen molar-refractivity contribution in [2.24, 2.45) is 0 Å². The molecular weight excluding hydrogens is 326 g/mol. The van der Waals surface area contributed by atoms with E-state index >= 15 is 0 Å². The fourth-order valence-corrected chi connectivity index (χ4v) is 2.65. The molecule has 1 aromatic carbocycles. The first-order chi connectivity index (χ1) is 11.9. The molecule has 2 aromatic rings. The number of amides is 1. The zero-order valence-electron chi connectivity index (χ0n) is 13.8. The molecule has 0 unspecified atom stereocenters. The van der Waals surface area contributed by atoms with Crippen molar-refractivity contribution in [2.75, 3.05) is 7.05 Å². The number of carboxylic acids is 2. The van der Waals surface area contributed by atoms with Crippen molar-refractivity contribution >= 4 is 28.7 Å². The second-order valence-electron chi connectivity index (χ2n) is 5.74. The number of para-hydroxylation sites is 1. The summed E-state index contributed by atoms with van der Waals surface area (Å²) in [5.74, 6) is -2.68. The van der Waals surface area contributed by atoms with Crippen molar-refractivity contribution < 1.29 is 24.6 Å². The predicted molar refractivity (Wildman–Crippen MR) is 91.3 cm³/mol. The van der Waals surface area contributed by atoms with Crippen LogP contribution in [0.1, 0.15) is 18.4 Å². The van der Waals surface area contributed by atoms with Crippen LogP contribution in [0.5, 0.6) is 0 Å². The molecule has 1 amide bonds. The third-order valence-electron chi connectivity index (χ3n) is 4.04. The summed E-state index contributed by atoms with van der Waals surface area (Å²) in [4.78, 5) is 37.4. The monoisotopic (exact) mass is 347 g/mol. The largest absolute Gasteiger partial charge is 0.480 e. The van der Waals surface area contributed by atoms with Crippen LogP contribution in [0.3, 0.4) is 0 Å². The predicted octanol–water partition coefficient (Wildman–Crippen LogP) is 0.733. The van der Waals surface area contributed by atoms with Gasteiger partial charge in [0.25, 0.3) is 0 Å². The molecule has 0 aliphatic rings. The van der Waals surface area contributed by atoms with E-state index in [9.17, 15) is 19.5 Å². The van der Waals surface area contributed by atoms with Crippen molar-refractivity contribution in [1.29, 1.82) is 0 Å². The maximum absolute atomic E-state index is 12.0. The standard InChI is InChI=1S/C17H21N3O5/c1-18-13(16(22)23)6-7-15(21)20-14(17(24)25)8-10-9-19-12-5-3-2-4-11(10)12/h2-5,9,13-14,18-19H,6-8H2,1H3,(H,20,21)(H,22,23)(H,24,25)/t13-,14-/m1/s1. The second kappa shape index (κ2) is 8.29. The van der Waals surface area contributed by atoms with Crippen LogP contribution in [0.25, 0.3) is 10.9 Å². The third kappa shape index (κ3) is 4.80. The molecule has 0 aliphatic carbocycles. The fourth-order valence-electron chi connectivity index (χ4n) is 2.65. The van der Waals surface area contributed by atoms with Crippen molar-refractivity contribution in [2.45, 2.75) is 31.3 Å². The molecule has 0 fully saturated rings. The smallest absolute Gasteiger partial charge is 0.326 e. The number of hydrogen-bond acceptors (Lipinski definition) is 4. The Morgan fingerprint density at radius 1 is 1.12 bits per heavy atom. The van der Waals surface area contributed by atoms with Gasteiger partial charge in [-0.1, -0.05) is 18.2 Å². The van der Waals surface area contributed by atoms with Crippen molar-refractivity contribution in [3.05, 3.63) is 36.0 Å². The summed E-state index contributed by atoms with van der Waals surface area (Å²) in [6.45, 7) is 0. The van der Waals surface area contributed by atoms with Crippen LogP contribution in [-0.4, -0.2) is 52.2 Å². The Bertz CT molecular complexity index is 770. The van der Waals surface area contributed by atoms with Crippen LogP contribution in [0.15, 0.2) is 30.5 Å². The van der Waals surface area contributed by atoms with E-state index in [1.54, 1.807) is 6.20 Å². The first-order valence-corrected chi connectivity index (χ1v) is 7.89. The van der Waals surface area contributed by atoms with E-state index in [1.165, 1.54) is 7.05 Å². The van der Waals surface area contributed by atoms with Gasteiger partial charge in [-0.05, 0) is 25.1 Å². The molecule has 0 saturated heterocycles. The van der Waals surface area contributed by atoms with Crippen molar-refractivity contribution in [3.63, 3.8) is 0 Å². The first-order valence-electron chi connectivity index (χ1n) is 7.89. The summed E-state index contributed by atoms with van der Waals surface area (Å²) in [7, 11) is 1.49. The Hall–Kier alpha value is -2.87. The number of carbonyl (C=O) groups is 3. The molecule has 1 aromatic heterocycles. The zero-order valence-corrected chi connectivity index (χ0v) is 13.8. The lowest BCUT2D eigenvalue weighted by Gasteiger charge is -2.15. The number of aliphatic carboxylic acids is 2. The molecule has 0 radical (unpaired) electrons. The van der Waals surface area contributed by atoms with E-state index in [0.29, 0.717) is 0 Å². The molecule has 25 heavy (non-hydrogen) atoms. The highest BCUT2D eigenvalue weighted by atomic mass is 16.4. The number of benzene rings is 1. The van der Waals surface area contributed by atoms with Gasteiger partial charge in [0.2, 0.25) is 5.91 Å². The van der Waals surface area contributed by atoms with Gasteiger partial charge in [-0.15, -0.1) is 0 Å². The molecule has 8 heteroatoms. The van der Waals surface area contributed by atoms with Gasteiger partial charge in [-0.25, -0.2) is 4.79 Å². The number of aromatic nitrogens is 1. The summed E-state index contributed by atoms with van der Waals surface area (Å²) in [6.07, 6.45) is 1.88. The van der Waals surface area contributed by atoms with E-state index in [0.717, 1.165) is 16.5 Å². The van der Waals surface area contributed by atoms with Gasteiger partial charge in [0, 0.05) is 29.9 Å². The minimum Gasteiger partial charge on any atom is -0.480 e. The van der Waals surface area contributed by atoms with Crippen LogP contribution in [-0.2, 0) is 20.8 Å². The SMILES string of the molecule is CN[C@H](CCC(=O)N[C@H](Cc1c[nH]c2ccccc12)C(=O)O)C(=O)O. The highest BCUT2D eigenvalue weighted by molar-refractivity contribution is 5.87. The molecule has 2 atom stereocenters. The fraction of sp³-hybridized carbons (Fsp3) is 0.353. The quantitative estimate of drug-likeness (QED) is 0.454. The molecule has 0 bridgehead atoms.